The van der Waals surface area contributed by atoms with Crippen molar-refractivity contribution in [1.82, 2.24) is 4.57 Å². The van der Waals surface area contributed by atoms with Crippen LogP contribution in [0.15, 0.2) is 48.7 Å². The molecule has 0 bridgehead atoms. The quantitative estimate of drug-likeness (QED) is 0.758. The average Bonchev–Trinajstić information content (AvgIpc) is 2.91. The van der Waals surface area contributed by atoms with Gasteiger partial charge in [0.25, 0.3) is 0 Å². The molecule has 4 heteroatoms. The Kier molecular flexibility index (Phi) is 4.02. The van der Waals surface area contributed by atoms with E-state index in [0.717, 1.165) is 23.1 Å². The summed E-state index contributed by atoms with van der Waals surface area (Å²) in [6.07, 6.45) is 2.10. The molecule has 3 rings (SSSR count). The highest BCUT2D eigenvalue weighted by molar-refractivity contribution is 5.84. The number of hydrogen-bond donors (Lipinski definition) is 2. The Bertz CT molecular complexity index is 793. The highest BCUT2D eigenvalue weighted by atomic mass is 16.5. The van der Waals surface area contributed by atoms with Crippen LogP contribution in [0.1, 0.15) is 18.1 Å². The smallest absolute Gasteiger partial charge is 0.161 e. The summed E-state index contributed by atoms with van der Waals surface area (Å²) >= 11 is 0. The number of nitrogens with zero attached hydrogens (tertiary/aromatic N) is 1. The first-order chi connectivity index (χ1) is 10.7. The van der Waals surface area contributed by atoms with Crippen LogP contribution in [0.3, 0.4) is 0 Å². The first-order valence-electron chi connectivity index (χ1n) is 7.44. The van der Waals surface area contributed by atoms with Gasteiger partial charge in [-0.1, -0.05) is 18.2 Å². The van der Waals surface area contributed by atoms with Crippen LogP contribution in [0, 0.1) is 0 Å². The lowest BCUT2D eigenvalue weighted by Gasteiger charge is -2.07. The second-order valence-corrected chi connectivity index (χ2v) is 5.25. The Labute approximate surface area is 129 Å². The average molecular weight is 296 g/mol. The van der Waals surface area contributed by atoms with E-state index >= 15 is 0 Å². The van der Waals surface area contributed by atoms with Gasteiger partial charge in [-0.15, -0.1) is 0 Å². The number of aromatic hydroxyl groups is 1. The lowest BCUT2D eigenvalue weighted by Crippen LogP contribution is -1.97. The van der Waals surface area contributed by atoms with Gasteiger partial charge in [0, 0.05) is 35.8 Å². The molecule has 22 heavy (non-hydrogen) atoms. The minimum atomic E-state index is 0.157. The molecule has 1 aromatic heterocycles. The number of ether oxygens (including phenoxy) is 1. The van der Waals surface area contributed by atoms with Crippen molar-refractivity contribution in [3.05, 3.63) is 59.8 Å². The summed E-state index contributed by atoms with van der Waals surface area (Å²) in [5.41, 5.74) is 9.12. The van der Waals surface area contributed by atoms with Crippen LogP contribution in [0.5, 0.6) is 11.5 Å². The molecular weight excluding hydrogens is 276 g/mol. The third-order valence-electron chi connectivity index (χ3n) is 3.85. The number of nitrogens with two attached hydrogens (primary N) is 1. The number of benzene rings is 2. The third-order valence-corrected chi connectivity index (χ3v) is 3.85. The van der Waals surface area contributed by atoms with E-state index in [9.17, 15) is 5.11 Å². The lowest BCUT2D eigenvalue weighted by atomic mass is 10.1. The van der Waals surface area contributed by atoms with Crippen LogP contribution in [-0.4, -0.2) is 9.67 Å². The maximum Gasteiger partial charge on any atom is 0.161 e. The monoisotopic (exact) mass is 296 g/mol. The molecule has 0 atom stereocenters. The molecule has 0 aliphatic heterocycles. The molecular formula is C18H20N2O2. The summed E-state index contributed by atoms with van der Waals surface area (Å²) in [6.45, 7) is 3.95. The molecule has 4 nitrogen and oxygen atoms in total. The molecule has 0 radical (unpaired) electrons. The number of phenols is 1. The number of aromatic nitrogens is 1. The second kappa shape index (κ2) is 6.12. The molecule has 0 spiro atoms. The Hall–Kier alpha value is -2.46. The molecule has 0 aliphatic carbocycles. The van der Waals surface area contributed by atoms with Crippen LogP contribution in [0.2, 0.25) is 0 Å². The van der Waals surface area contributed by atoms with E-state index in [4.69, 9.17) is 10.5 Å². The SMILES string of the molecule is CCn1cc(COc2ccccc2O)c2cc(CN)ccc21. The van der Waals surface area contributed by atoms with Gasteiger partial charge in [-0.2, -0.15) is 0 Å². The summed E-state index contributed by atoms with van der Waals surface area (Å²) < 4.78 is 7.96. The fourth-order valence-electron chi connectivity index (χ4n) is 2.66. The molecule has 0 unspecified atom stereocenters. The van der Waals surface area contributed by atoms with Crippen molar-refractivity contribution in [2.45, 2.75) is 26.6 Å². The molecule has 0 saturated heterocycles. The molecule has 1 heterocycles. The van der Waals surface area contributed by atoms with E-state index in [1.807, 2.05) is 6.07 Å². The maximum absolute atomic E-state index is 9.79. The molecule has 3 aromatic rings. The zero-order valence-electron chi connectivity index (χ0n) is 12.6. The molecule has 0 amide bonds. The molecule has 2 aromatic carbocycles. The van der Waals surface area contributed by atoms with Crippen molar-refractivity contribution in [3.63, 3.8) is 0 Å². The van der Waals surface area contributed by atoms with Crippen molar-refractivity contribution in [2.75, 3.05) is 0 Å². The summed E-state index contributed by atoms with van der Waals surface area (Å²) in [6, 6.07) is 13.3. The number of rotatable bonds is 5. The number of fused-ring (bicyclic) bond motifs is 1. The zero-order valence-corrected chi connectivity index (χ0v) is 12.6. The Morgan fingerprint density at radius 3 is 2.73 bits per heavy atom. The van der Waals surface area contributed by atoms with Crippen LogP contribution >= 0.6 is 0 Å². The van der Waals surface area contributed by atoms with Crippen LogP contribution in [-0.2, 0) is 19.7 Å². The Morgan fingerprint density at radius 1 is 1.18 bits per heavy atom. The van der Waals surface area contributed by atoms with Gasteiger partial charge < -0.3 is 20.1 Å². The fraction of sp³-hybridized carbons (Fsp3) is 0.222. The van der Waals surface area contributed by atoms with Gasteiger partial charge in [-0.3, -0.25) is 0 Å². The van der Waals surface area contributed by atoms with Gasteiger partial charge in [0.05, 0.1) is 0 Å². The van der Waals surface area contributed by atoms with Crippen molar-refractivity contribution in [2.24, 2.45) is 5.73 Å². The fourth-order valence-corrected chi connectivity index (χ4v) is 2.66. The molecule has 0 aliphatic rings. The van der Waals surface area contributed by atoms with Crippen LogP contribution in [0.4, 0.5) is 0 Å². The minimum Gasteiger partial charge on any atom is -0.504 e. The van der Waals surface area contributed by atoms with E-state index < -0.39 is 0 Å². The first kappa shape index (κ1) is 14.5. The maximum atomic E-state index is 9.79. The van der Waals surface area contributed by atoms with Crippen molar-refractivity contribution in [3.8, 4) is 11.5 Å². The van der Waals surface area contributed by atoms with Crippen molar-refractivity contribution >= 4 is 10.9 Å². The molecule has 3 N–H and O–H groups in total. The van der Waals surface area contributed by atoms with E-state index in [2.05, 4.69) is 35.9 Å². The van der Waals surface area contributed by atoms with Gasteiger partial charge in [0.2, 0.25) is 0 Å². The first-order valence-corrected chi connectivity index (χ1v) is 7.44. The number of aryl methyl sites for hydroxylation is 1. The molecule has 0 fully saturated rings. The topological polar surface area (TPSA) is 60.4 Å². The third kappa shape index (κ3) is 2.65. The van der Waals surface area contributed by atoms with Gasteiger partial charge >= 0.3 is 0 Å². The van der Waals surface area contributed by atoms with E-state index in [0.29, 0.717) is 18.9 Å². The highest BCUT2D eigenvalue weighted by Gasteiger charge is 2.10. The Morgan fingerprint density at radius 2 is 2.00 bits per heavy atom. The predicted octanol–water partition coefficient (Wildman–Crippen LogP) is 3.40. The van der Waals surface area contributed by atoms with Crippen LogP contribution in [0.25, 0.3) is 10.9 Å². The predicted molar refractivity (Wildman–Crippen MR) is 87.9 cm³/mol. The van der Waals surface area contributed by atoms with Gasteiger partial charge in [-0.25, -0.2) is 0 Å². The normalized spacial score (nSPS) is 11.0. The van der Waals surface area contributed by atoms with Gasteiger partial charge in [0.1, 0.15) is 6.61 Å². The molecule has 0 saturated carbocycles. The summed E-state index contributed by atoms with van der Waals surface area (Å²) in [5.74, 6) is 0.652. The lowest BCUT2D eigenvalue weighted by molar-refractivity contribution is 0.290. The van der Waals surface area contributed by atoms with Gasteiger partial charge in [-0.05, 0) is 36.8 Å². The van der Waals surface area contributed by atoms with Crippen LogP contribution < -0.4 is 10.5 Å². The van der Waals surface area contributed by atoms with Gasteiger partial charge in [0.15, 0.2) is 11.5 Å². The van der Waals surface area contributed by atoms with E-state index in [-0.39, 0.29) is 5.75 Å². The van der Waals surface area contributed by atoms with E-state index in [1.165, 1.54) is 5.52 Å². The number of para-hydroxylation sites is 2. The molecule has 114 valence electrons. The summed E-state index contributed by atoms with van der Waals surface area (Å²) in [7, 11) is 0. The van der Waals surface area contributed by atoms with E-state index in [1.54, 1.807) is 18.2 Å². The van der Waals surface area contributed by atoms with Crippen molar-refractivity contribution in [1.29, 1.82) is 0 Å². The standard InChI is InChI=1S/C18H20N2O2/c1-2-20-11-14(12-22-18-6-4-3-5-17(18)21)15-9-13(10-19)7-8-16(15)20/h3-9,11,21H,2,10,12,19H2,1H3. The summed E-state index contributed by atoms with van der Waals surface area (Å²) in [5, 5.41) is 10.9. The number of phenolic OH excluding ortho intramolecular Hbond substituents is 1. The Balaban J connectivity index is 1.94. The summed E-state index contributed by atoms with van der Waals surface area (Å²) in [4.78, 5) is 0. The number of hydrogen-bond acceptors (Lipinski definition) is 3. The largest absolute Gasteiger partial charge is 0.504 e. The minimum absolute atomic E-state index is 0.157. The second-order valence-electron chi connectivity index (χ2n) is 5.25. The zero-order chi connectivity index (χ0) is 15.5. The highest BCUT2D eigenvalue weighted by Crippen LogP contribution is 2.28. The van der Waals surface area contributed by atoms with Crippen molar-refractivity contribution < 1.29 is 9.84 Å².